The highest BCUT2D eigenvalue weighted by Gasteiger charge is 2.17. The number of nitrogen functional groups attached to an aromatic ring is 1. The maximum absolute atomic E-state index is 11.0. The van der Waals surface area contributed by atoms with Crippen LogP contribution < -0.4 is 11.1 Å². The molecule has 0 saturated carbocycles. The van der Waals surface area contributed by atoms with Crippen LogP contribution in [0, 0.1) is 13.8 Å². The number of pyridine rings is 1. The maximum atomic E-state index is 11.0. The number of nitrogens with two attached hydrogens (primary N) is 1. The lowest BCUT2D eigenvalue weighted by Gasteiger charge is -2.16. The number of carboxylic acids is 1. The molecule has 1 unspecified atom stereocenters. The van der Waals surface area contributed by atoms with Crippen LogP contribution in [0.2, 0.25) is 0 Å². The van der Waals surface area contributed by atoms with Crippen LogP contribution in [-0.2, 0) is 0 Å². The first-order valence-electron chi connectivity index (χ1n) is 6.21. The summed E-state index contributed by atoms with van der Waals surface area (Å²) in [6.07, 6.45) is 1.42. The molecule has 106 valence electrons. The van der Waals surface area contributed by atoms with Gasteiger partial charge >= 0.3 is 5.97 Å². The number of hydrogen-bond donors (Lipinski definition) is 3. The highest BCUT2D eigenvalue weighted by molar-refractivity contribution is 5.96. The molecule has 2 aromatic rings. The summed E-state index contributed by atoms with van der Waals surface area (Å²) in [4.78, 5) is 15.1. The molecule has 0 aromatic carbocycles. The fourth-order valence-electron chi connectivity index (χ4n) is 2.14. The molecule has 2 aromatic heterocycles. The molecule has 0 amide bonds. The lowest BCUT2D eigenvalue weighted by atomic mass is 10.1. The first-order chi connectivity index (χ1) is 9.40. The molecule has 0 saturated heterocycles. The van der Waals surface area contributed by atoms with E-state index >= 15 is 0 Å². The Morgan fingerprint density at radius 2 is 2.20 bits per heavy atom. The molecule has 20 heavy (non-hydrogen) atoms. The lowest BCUT2D eigenvalue weighted by molar-refractivity contribution is 0.0698. The number of furan rings is 1. The minimum absolute atomic E-state index is 0.0368. The van der Waals surface area contributed by atoms with Gasteiger partial charge in [-0.05, 0) is 32.9 Å². The molecular weight excluding hydrogens is 258 g/mol. The van der Waals surface area contributed by atoms with Crippen molar-refractivity contribution in [3.05, 3.63) is 41.0 Å². The average molecular weight is 275 g/mol. The van der Waals surface area contributed by atoms with Gasteiger partial charge in [0, 0.05) is 11.8 Å². The van der Waals surface area contributed by atoms with Gasteiger partial charge in [-0.25, -0.2) is 9.78 Å². The molecule has 0 bridgehead atoms. The van der Waals surface area contributed by atoms with Crippen molar-refractivity contribution in [1.29, 1.82) is 0 Å². The second-order valence-electron chi connectivity index (χ2n) is 4.66. The third-order valence-corrected chi connectivity index (χ3v) is 3.12. The Balaban J connectivity index is 2.28. The van der Waals surface area contributed by atoms with Gasteiger partial charge in [0.1, 0.15) is 11.5 Å². The summed E-state index contributed by atoms with van der Waals surface area (Å²) in [5, 5.41) is 12.2. The predicted molar refractivity (Wildman–Crippen MR) is 75.8 cm³/mol. The molecule has 1 atom stereocenters. The van der Waals surface area contributed by atoms with Crippen molar-refractivity contribution in [2.24, 2.45) is 0 Å². The maximum Gasteiger partial charge on any atom is 0.337 e. The van der Waals surface area contributed by atoms with Crippen LogP contribution in [0.3, 0.4) is 0 Å². The molecule has 0 radical (unpaired) electrons. The summed E-state index contributed by atoms with van der Waals surface area (Å²) in [5.74, 6) is 0.924. The molecule has 0 aliphatic heterocycles. The van der Waals surface area contributed by atoms with Crippen LogP contribution in [0.15, 0.2) is 22.7 Å². The van der Waals surface area contributed by atoms with Crippen molar-refractivity contribution in [3.63, 3.8) is 0 Å². The number of rotatable bonds is 4. The summed E-state index contributed by atoms with van der Waals surface area (Å²) in [7, 11) is 0. The van der Waals surface area contributed by atoms with E-state index in [0.717, 1.165) is 17.1 Å². The number of nitrogens with zero attached hydrogens (tertiary/aromatic N) is 1. The Hall–Kier alpha value is -2.50. The molecule has 0 aliphatic rings. The Morgan fingerprint density at radius 1 is 1.50 bits per heavy atom. The van der Waals surface area contributed by atoms with E-state index < -0.39 is 5.97 Å². The van der Waals surface area contributed by atoms with E-state index in [9.17, 15) is 4.79 Å². The van der Waals surface area contributed by atoms with Gasteiger partial charge in [-0.3, -0.25) is 0 Å². The van der Waals surface area contributed by atoms with Crippen molar-refractivity contribution in [1.82, 2.24) is 4.98 Å². The highest BCUT2D eigenvalue weighted by Crippen LogP contribution is 2.27. The van der Waals surface area contributed by atoms with Gasteiger partial charge in [-0.1, -0.05) is 0 Å². The molecule has 0 aliphatic carbocycles. The van der Waals surface area contributed by atoms with E-state index in [0.29, 0.717) is 5.82 Å². The van der Waals surface area contributed by atoms with E-state index in [1.807, 2.05) is 26.8 Å². The van der Waals surface area contributed by atoms with Gasteiger partial charge in [-0.15, -0.1) is 0 Å². The molecule has 0 fully saturated rings. The Bertz CT molecular complexity index is 649. The van der Waals surface area contributed by atoms with E-state index in [-0.39, 0.29) is 17.3 Å². The van der Waals surface area contributed by atoms with E-state index in [4.69, 9.17) is 15.3 Å². The van der Waals surface area contributed by atoms with Crippen molar-refractivity contribution >= 4 is 17.5 Å². The van der Waals surface area contributed by atoms with Crippen molar-refractivity contribution in [2.75, 3.05) is 11.1 Å². The molecule has 4 N–H and O–H groups in total. The Labute approximate surface area is 116 Å². The van der Waals surface area contributed by atoms with Crippen molar-refractivity contribution < 1.29 is 14.3 Å². The van der Waals surface area contributed by atoms with Gasteiger partial charge in [0.2, 0.25) is 0 Å². The van der Waals surface area contributed by atoms with Gasteiger partial charge < -0.3 is 20.6 Å². The predicted octanol–water partition coefficient (Wildman–Crippen LogP) is 2.74. The Kier molecular flexibility index (Phi) is 3.65. The van der Waals surface area contributed by atoms with Gasteiger partial charge in [-0.2, -0.15) is 0 Å². The fraction of sp³-hybridized carbons (Fsp3) is 0.286. The van der Waals surface area contributed by atoms with Gasteiger partial charge in [0.15, 0.2) is 5.82 Å². The monoisotopic (exact) mass is 275 g/mol. The number of nitrogens with one attached hydrogen (secondary N) is 1. The van der Waals surface area contributed by atoms with Crippen LogP contribution in [-0.4, -0.2) is 16.1 Å². The molecule has 0 spiro atoms. The van der Waals surface area contributed by atoms with Crippen LogP contribution in [0.1, 0.15) is 40.4 Å². The van der Waals surface area contributed by atoms with Crippen molar-refractivity contribution in [2.45, 2.75) is 26.8 Å². The largest absolute Gasteiger partial charge is 0.478 e. The minimum atomic E-state index is -1.07. The summed E-state index contributed by atoms with van der Waals surface area (Å²) >= 11 is 0. The Morgan fingerprint density at radius 3 is 2.75 bits per heavy atom. The zero-order valence-corrected chi connectivity index (χ0v) is 11.6. The number of anilines is 2. The van der Waals surface area contributed by atoms with Gasteiger partial charge in [0.05, 0.1) is 17.3 Å². The average Bonchev–Trinajstić information content (AvgIpc) is 2.70. The zero-order chi connectivity index (χ0) is 14.9. The van der Waals surface area contributed by atoms with Crippen LogP contribution in [0.5, 0.6) is 0 Å². The lowest BCUT2D eigenvalue weighted by Crippen LogP contribution is -2.12. The van der Waals surface area contributed by atoms with E-state index in [1.165, 1.54) is 12.3 Å². The topological polar surface area (TPSA) is 101 Å². The third kappa shape index (κ3) is 2.59. The number of aryl methyl sites for hydroxylation is 2. The molecule has 2 heterocycles. The summed E-state index contributed by atoms with van der Waals surface area (Å²) in [5.41, 5.74) is 6.98. The van der Waals surface area contributed by atoms with Crippen LogP contribution >= 0.6 is 0 Å². The first kappa shape index (κ1) is 13.9. The standard InChI is InChI=1S/C14H17N3O3/c1-7-6-11(9(3)20-7)8(2)17-13-12(15)10(14(18)19)4-5-16-13/h4-6,8H,15H2,1-3H3,(H,16,17)(H,18,19). The molecule has 6 nitrogen and oxygen atoms in total. The van der Waals surface area contributed by atoms with E-state index in [2.05, 4.69) is 10.3 Å². The number of aromatic carboxylic acids is 1. The van der Waals surface area contributed by atoms with Gasteiger partial charge in [0.25, 0.3) is 0 Å². The molecular formula is C14H17N3O3. The zero-order valence-electron chi connectivity index (χ0n) is 11.6. The third-order valence-electron chi connectivity index (χ3n) is 3.12. The SMILES string of the molecule is Cc1cc(C(C)Nc2nccc(C(=O)O)c2N)c(C)o1. The van der Waals surface area contributed by atoms with Crippen LogP contribution in [0.25, 0.3) is 0 Å². The first-order valence-corrected chi connectivity index (χ1v) is 6.21. The second-order valence-corrected chi connectivity index (χ2v) is 4.66. The van der Waals surface area contributed by atoms with Crippen molar-refractivity contribution in [3.8, 4) is 0 Å². The molecule has 6 heteroatoms. The summed E-state index contributed by atoms with van der Waals surface area (Å²) in [6, 6.07) is 3.22. The number of aromatic nitrogens is 1. The fourth-order valence-corrected chi connectivity index (χ4v) is 2.14. The normalized spacial score (nSPS) is 12.2. The number of hydrogen-bond acceptors (Lipinski definition) is 5. The quantitative estimate of drug-likeness (QED) is 0.793. The highest BCUT2D eigenvalue weighted by atomic mass is 16.4. The molecule has 2 rings (SSSR count). The minimum Gasteiger partial charge on any atom is -0.478 e. The second kappa shape index (κ2) is 5.24. The van der Waals surface area contributed by atoms with E-state index in [1.54, 1.807) is 0 Å². The van der Waals surface area contributed by atoms with Crippen LogP contribution in [0.4, 0.5) is 11.5 Å². The summed E-state index contributed by atoms with van der Waals surface area (Å²) in [6.45, 7) is 5.69. The number of carboxylic acid groups (broad SMARTS) is 1. The number of carbonyl (C=O) groups is 1. The smallest absolute Gasteiger partial charge is 0.337 e. The summed E-state index contributed by atoms with van der Waals surface area (Å²) < 4.78 is 5.48.